The molecule has 2 fully saturated rings. The zero-order valence-electron chi connectivity index (χ0n) is 42.0. The van der Waals surface area contributed by atoms with Crippen LogP contribution in [0.25, 0.3) is 0 Å². The second kappa shape index (κ2) is 28.5. The van der Waals surface area contributed by atoms with Crippen LogP contribution in [0, 0.1) is 0 Å². The van der Waals surface area contributed by atoms with Gasteiger partial charge in [-0.05, 0) is 106 Å². The number of unbranched alkanes of at least 4 members (excludes halogenated alkanes) is 14. The van der Waals surface area contributed by atoms with Crippen LogP contribution in [-0.4, -0.2) is 71.1 Å². The van der Waals surface area contributed by atoms with Gasteiger partial charge in [-0.3, -0.25) is 0 Å². The molecule has 2 saturated heterocycles. The molecule has 0 radical (unpaired) electrons. The third-order valence-corrected chi connectivity index (χ3v) is 24.0. The van der Waals surface area contributed by atoms with E-state index in [1.165, 1.54) is 108 Å². The lowest BCUT2D eigenvalue weighted by Crippen LogP contribution is -2.47. The summed E-state index contributed by atoms with van der Waals surface area (Å²) in [5, 5.41) is 11.7. The Morgan fingerprint density at radius 3 is 1.62 bits per heavy atom. The van der Waals surface area contributed by atoms with Gasteiger partial charge in [0.15, 0.2) is 16.6 Å². The minimum atomic E-state index is -1.95. The molecule has 0 amide bonds. The second-order valence-corrected chi connectivity index (χ2v) is 31.9. The van der Waals surface area contributed by atoms with E-state index >= 15 is 0 Å². The summed E-state index contributed by atoms with van der Waals surface area (Å²) < 4.78 is 33.5. The summed E-state index contributed by atoms with van der Waals surface area (Å²) >= 11 is 0. The average Bonchev–Trinajstić information content (AvgIpc) is 3.89. The van der Waals surface area contributed by atoms with E-state index in [0.717, 1.165) is 71.0 Å². The van der Waals surface area contributed by atoms with Gasteiger partial charge in [-0.2, -0.15) is 0 Å². The van der Waals surface area contributed by atoms with Crippen LogP contribution in [0.4, 0.5) is 0 Å². The number of benzene rings is 1. The topological polar surface area (TPSA) is 66.4 Å². The Hall–Kier alpha value is -0.586. The molecule has 8 heteroatoms. The molecule has 2 heterocycles. The van der Waals surface area contributed by atoms with Crippen LogP contribution in [0.15, 0.2) is 30.3 Å². The largest absolute Gasteiger partial charge is 0.414 e. The molecule has 1 aromatic carbocycles. The summed E-state index contributed by atoms with van der Waals surface area (Å²) in [6.45, 7) is 27.5. The predicted octanol–water partition coefficient (Wildman–Crippen LogP) is 15.7. The molecule has 0 bridgehead atoms. The van der Waals surface area contributed by atoms with Crippen LogP contribution in [-0.2, 0) is 29.7 Å². The number of rotatable bonds is 33. The van der Waals surface area contributed by atoms with Gasteiger partial charge in [-0.1, -0.05) is 175 Å². The summed E-state index contributed by atoms with van der Waals surface area (Å²) in [5.41, 5.74) is 1.27. The monoisotopic (exact) mass is 889 g/mol. The number of aliphatic hydroxyl groups is 1. The van der Waals surface area contributed by atoms with Gasteiger partial charge >= 0.3 is 0 Å². The quantitative estimate of drug-likeness (QED) is 0.0560. The maximum absolute atomic E-state index is 11.3. The summed E-state index contributed by atoms with van der Waals surface area (Å²) in [6, 6.07) is 10.5. The van der Waals surface area contributed by atoms with E-state index in [2.05, 4.69) is 105 Å². The van der Waals surface area contributed by atoms with E-state index in [1.54, 1.807) is 0 Å². The van der Waals surface area contributed by atoms with Crippen LogP contribution < -0.4 is 0 Å². The highest BCUT2D eigenvalue weighted by Gasteiger charge is 2.45. The van der Waals surface area contributed by atoms with Gasteiger partial charge < -0.3 is 28.2 Å². The number of hydrogen-bond acceptors (Lipinski definition) is 6. The van der Waals surface area contributed by atoms with Gasteiger partial charge in [0.1, 0.15) is 0 Å². The first-order valence-corrected chi connectivity index (χ1v) is 31.7. The summed E-state index contributed by atoms with van der Waals surface area (Å²) in [6.07, 6.45) is 30.2. The fourth-order valence-electron chi connectivity index (χ4n) is 8.83. The SMILES string of the molecule is CCCCCC[C@@H](CCC[C@@H](O)[C@H]1CC[C@H]([C@H]2CC[C@H]([C@@H](CCCCCCCCCCCCCCOCc3ccccc3)O[Si](C)(C)C(C)(C)C)O2)O1)O[Si](C)(C)C(C)(C)C. The third-order valence-electron chi connectivity index (χ3n) is 15.0. The molecule has 0 unspecified atom stereocenters. The first kappa shape index (κ1) is 54.7. The van der Waals surface area contributed by atoms with E-state index in [-0.39, 0.29) is 40.6 Å². The standard InChI is InChI=1S/C53H100O6Si2/c1-12-13-14-28-34-45(58-60(8,9)52(2,3)4)35-31-36-46(54)47-38-39-48(56-47)49-40-41-50(57-49)51(59-61(10,11)53(5,6)7)37-29-23-21-19-17-15-16-18-20-22-24-30-42-55-43-44-32-26-25-27-33-44/h25-27,32-33,45-51,54H,12-24,28-31,34-43H2,1-11H3/t45-,46+,47+,48+,49+,50+,51+/m0/s1. The minimum Gasteiger partial charge on any atom is -0.414 e. The van der Waals surface area contributed by atoms with Gasteiger partial charge in [-0.15, -0.1) is 0 Å². The first-order chi connectivity index (χ1) is 28.9. The maximum Gasteiger partial charge on any atom is 0.192 e. The molecule has 2 aliphatic rings. The molecule has 0 saturated carbocycles. The van der Waals surface area contributed by atoms with Crippen molar-refractivity contribution >= 4 is 16.6 Å². The van der Waals surface area contributed by atoms with Crippen LogP contribution in [0.1, 0.15) is 215 Å². The van der Waals surface area contributed by atoms with Crippen molar-refractivity contribution in [2.45, 2.75) is 295 Å². The summed E-state index contributed by atoms with van der Waals surface area (Å²) in [5.74, 6) is 0. The lowest BCUT2D eigenvalue weighted by Gasteiger charge is -2.41. The molecule has 1 N–H and O–H groups in total. The molecule has 7 atom stereocenters. The molecule has 6 nitrogen and oxygen atoms in total. The number of aliphatic hydroxyl groups excluding tert-OH is 1. The van der Waals surface area contributed by atoms with Crippen molar-refractivity contribution in [3.8, 4) is 0 Å². The molecular weight excluding hydrogens is 789 g/mol. The van der Waals surface area contributed by atoms with Crippen LogP contribution in [0.2, 0.25) is 36.3 Å². The zero-order valence-corrected chi connectivity index (χ0v) is 44.0. The van der Waals surface area contributed by atoms with Gasteiger partial charge in [-0.25, -0.2) is 0 Å². The maximum atomic E-state index is 11.3. The normalized spacial score (nSPS) is 21.9. The van der Waals surface area contributed by atoms with E-state index in [4.69, 9.17) is 23.1 Å². The Morgan fingerprint density at radius 1 is 0.574 bits per heavy atom. The predicted molar refractivity (Wildman–Crippen MR) is 265 cm³/mol. The van der Waals surface area contributed by atoms with Crippen LogP contribution in [0.3, 0.4) is 0 Å². The van der Waals surface area contributed by atoms with Gasteiger partial charge in [0.25, 0.3) is 0 Å². The molecular formula is C53H100O6Si2. The molecule has 2 aliphatic heterocycles. The second-order valence-electron chi connectivity index (χ2n) is 22.4. The van der Waals surface area contributed by atoms with Gasteiger partial charge in [0.05, 0.1) is 43.2 Å². The average molecular weight is 890 g/mol. The third kappa shape index (κ3) is 21.1. The van der Waals surface area contributed by atoms with Gasteiger partial charge in [0.2, 0.25) is 0 Å². The molecule has 3 rings (SSSR count). The molecule has 356 valence electrons. The molecule has 61 heavy (non-hydrogen) atoms. The van der Waals surface area contributed by atoms with Crippen molar-refractivity contribution < 1.29 is 28.2 Å². The molecule has 0 spiro atoms. The summed E-state index contributed by atoms with van der Waals surface area (Å²) in [4.78, 5) is 0. The minimum absolute atomic E-state index is 0.0798. The van der Waals surface area contributed by atoms with Crippen LogP contribution >= 0.6 is 0 Å². The number of ether oxygens (including phenoxy) is 3. The Labute approximate surface area is 380 Å². The van der Waals surface area contributed by atoms with E-state index in [9.17, 15) is 5.11 Å². The van der Waals surface area contributed by atoms with Crippen LogP contribution in [0.5, 0.6) is 0 Å². The van der Waals surface area contributed by atoms with E-state index < -0.39 is 22.7 Å². The highest BCUT2D eigenvalue weighted by Crippen LogP contribution is 2.42. The smallest absolute Gasteiger partial charge is 0.192 e. The van der Waals surface area contributed by atoms with E-state index in [0.29, 0.717) is 6.10 Å². The molecule has 0 aromatic heterocycles. The Balaban J connectivity index is 1.34. The molecule has 0 aliphatic carbocycles. The van der Waals surface area contributed by atoms with Crippen molar-refractivity contribution in [3.63, 3.8) is 0 Å². The van der Waals surface area contributed by atoms with Gasteiger partial charge in [0, 0.05) is 12.7 Å². The molecule has 1 aromatic rings. The van der Waals surface area contributed by atoms with E-state index in [1.807, 2.05) is 0 Å². The fraction of sp³-hybridized carbons (Fsp3) is 0.887. The Bertz CT molecular complexity index is 1250. The Kier molecular flexibility index (Phi) is 25.5. The Morgan fingerprint density at radius 2 is 1.05 bits per heavy atom. The first-order valence-electron chi connectivity index (χ1n) is 25.9. The lowest BCUT2D eigenvalue weighted by atomic mass is 9.99. The number of hydrogen-bond donors (Lipinski definition) is 1. The highest BCUT2D eigenvalue weighted by atomic mass is 28.4. The van der Waals surface area contributed by atoms with Crippen molar-refractivity contribution in [2.24, 2.45) is 0 Å². The van der Waals surface area contributed by atoms with Crippen molar-refractivity contribution in [3.05, 3.63) is 35.9 Å². The van der Waals surface area contributed by atoms with Crippen molar-refractivity contribution in [1.29, 1.82) is 0 Å². The zero-order chi connectivity index (χ0) is 44.8. The fourth-order valence-corrected chi connectivity index (χ4v) is 11.6. The summed E-state index contributed by atoms with van der Waals surface area (Å²) in [7, 11) is -3.79. The van der Waals surface area contributed by atoms with Crippen molar-refractivity contribution in [1.82, 2.24) is 0 Å². The highest BCUT2D eigenvalue weighted by molar-refractivity contribution is 6.74. The lowest BCUT2D eigenvalue weighted by molar-refractivity contribution is -0.108. The van der Waals surface area contributed by atoms with Crippen molar-refractivity contribution in [2.75, 3.05) is 6.61 Å².